The molecule has 0 aliphatic carbocycles. The van der Waals surface area contributed by atoms with E-state index >= 15 is 0 Å². The molecule has 0 spiro atoms. The van der Waals surface area contributed by atoms with E-state index in [0.29, 0.717) is 16.8 Å². The van der Waals surface area contributed by atoms with Gasteiger partial charge in [0, 0.05) is 45.7 Å². The van der Waals surface area contributed by atoms with Gasteiger partial charge in [0.2, 0.25) is 0 Å². The molecule has 2 N–H and O–H groups in total. The Bertz CT molecular complexity index is 755. The van der Waals surface area contributed by atoms with Crippen molar-refractivity contribution in [3.05, 3.63) is 11.1 Å². The molecule has 8 nitrogen and oxygen atoms in total. The van der Waals surface area contributed by atoms with Crippen LogP contribution in [0.4, 0.5) is 18.3 Å². The third-order valence-electron chi connectivity index (χ3n) is 4.01. The summed E-state index contributed by atoms with van der Waals surface area (Å²) >= 11 is 1.52. The number of rotatable bonds is 5. The van der Waals surface area contributed by atoms with E-state index in [4.69, 9.17) is 0 Å². The van der Waals surface area contributed by atoms with Crippen molar-refractivity contribution >= 4 is 32.5 Å². The molecule has 1 aliphatic heterocycles. The van der Waals surface area contributed by atoms with Crippen LogP contribution in [-0.4, -0.2) is 69.4 Å². The average Bonchev–Trinajstić information content (AvgIpc) is 3.07. The maximum absolute atomic E-state index is 12.6. The van der Waals surface area contributed by atoms with Crippen LogP contribution in [0.3, 0.4) is 0 Å². The Hall–Kier alpha value is -1.60. The molecule has 0 atom stereocenters. The first-order chi connectivity index (χ1) is 12.5. The summed E-state index contributed by atoms with van der Waals surface area (Å²) in [5.41, 5.74) is -4.41. The Morgan fingerprint density at radius 2 is 2.04 bits per heavy atom. The van der Waals surface area contributed by atoms with Crippen molar-refractivity contribution in [1.82, 2.24) is 19.9 Å². The maximum Gasteiger partial charge on any atom is 0.511 e. The van der Waals surface area contributed by atoms with Crippen molar-refractivity contribution in [3.8, 4) is 0 Å². The average molecular weight is 429 g/mol. The number of piperidine rings is 1. The molecule has 0 amide bonds. The fraction of sp³-hybridized carbons (Fsp3) is 0.714. The summed E-state index contributed by atoms with van der Waals surface area (Å²) in [6.45, 7) is 0.0783. The molecule has 1 aromatic heterocycles. The number of aliphatic imine (C=N–C) groups is 1. The third kappa shape index (κ3) is 5.45. The number of aromatic nitrogens is 1. The van der Waals surface area contributed by atoms with Gasteiger partial charge >= 0.3 is 15.5 Å². The predicted molar refractivity (Wildman–Crippen MR) is 99.3 cm³/mol. The summed E-state index contributed by atoms with van der Waals surface area (Å²) in [5.74, 6) is 0.492. The molecule has 1 saturated heterocycles. The minimum absolute atomic E-state index is 0.163. The van der Waals surface area contributed by atoms with E-state index in [0.717, 1.165) is 10.8 Å². The van der Waals surface area contributed by atoms with Crippen LogP contribution in [0.15, 0.2) is 10.4 Å². The molecule has 0 unspecified atom stereocenters. The molecule has 27 heavy (non-hydrogen) atoms. The molecular formula is C14H23F3N6O2S2. The zero-order valence-corrected chi connectivity index (χ0v) is 16.9. The molecule has 0 saturated carbocycles. The fourth-order valence-corrected chi connectivity index (χ4v) is 4.27. The van der Waals surface area contributed by atoms with Crippen molar-refractivity contribution in [2.24, 2.45) is 4.99 Å². The van der Waals surface area contributed by atoms with E-state index in [1.54, 1.807) is 7.05 Å². The van der Waals surface area contributed by atoms with Crippen LogP contribution in [-0.2, 0) is 16.6 Å². The number of sulfonamides is 1. The largest absolute Gasteiger partial charge is 0.511 e. The lowest BCUT2D eigenvalue weighted by atomic mass is 10.1. The first-order valence-corrected chi connectivity index (χ1v) is 10.5. The summed E-state index contributed by atoms with van der Waals surface area (Å²) in [6, 6.07) is -0.163. The first-order valence-electron chi connectivity index (χ1n) is 8.20. The topological polar surface area (TPSA) is 89.9 Å². The Kier molecular flexibility index (Phi) is 6.92. The standard InChI is InChI=1S/C14H23F3N6O2S2/c1-18-12(19-8-11-9-26-13(21-11)22(2)3)20-10-4-6-23(7-5-10)27(24,25)14(15,16)17/h9-10H,4-8H2,1-3H3,(H2,18,19,20). The van der Waals surface area contributed by atoms with Gasteiger partial charge < -0.3 is 15.5 Å². The highest BCUT2D eigenvalue weighted by molar-refractivity contribution is 7.90. The van der Waals surface area contributed by atoms with Crippen LogP contribution >= 0.6 is 11.3 Å². The van der Waals surface area contributed by atoms with Crippen LogP contribution in [0.25, 0.3) is 0 Å². The smallest absolute Gasteiger partial charge is 0.354 e. The molecule has 1 fully saturated rings. The van der Waals surface area contributed by atoms with Crippen LogP contribution in [0, 0.1) is 0 Å². The van der Waals surface area contributed by atoms with Gasteiger partial charge in [-0.2, -0.15) is 17.5 Å². The predicted octanol–water partition coefficient (Wildman–Crippen LogP) is 1.19. The highest BCUT2D eigenvalue weighted by atomic mass is 32.2. The second-order valence-electron chi connectivity index (χ2n) is 6.21. The van der Waals surface area contributed by atoms with Crippen molar-refractivity contribution in [2.45, 2.75) is 30.9 Å². The van der Waals surface area contributed by atoms with Gasteiger partial charge in [0.1, 0.15) is 0 Å². The van der Waals surface area contributed by atoms with Gasteiger partial charge in [-0.3, -0.25) is 4.99 Å². The van der Waals surface area contributed by atoms with Gasteiger partial charge in [-0.25, -0.2) is 13.4 Å². The molecule has 1 aromatic rings. The highest BCUT2D eigenvalue weighted by Gasteiger charge is 2.50. The van der Waals surface area contributed by atoms with Crippen LogP contribution in [0.2, 0.25) is 0 Å². The highest BCUT2D eigenvalue weighted by Crippen LogP contribution is 2.28. The first kappa shape index (κ1) is 21.7. The van der Waals surface area contributed by atoms with E-state index in [1.165, 1.54) is 11.3 Å². The number of hydrogen-bond acceptors (Lipinski definition) is 6. The van der Waals surface area contributed by atoms with Gasteiger partial charge in [-0.05, 0) is 12.8 Å². The molecule has 0 aromatic carbocycles. The van der Waals surface area contributed by atoms with Gasteiger partial charge in [0.15, 0.2) is 11.1 Å². The van der Waals surface area contributed by atoms with E-state index in [2.05, 4.69) is 20.6 Å². The molecule has 13 heteroatoms. The minimum atomic E-state index is -5.26. The molecule has 2 rings (SSSR count). The van der Waals surface area contributed by atoms with Crippen molar-refractivity contribution in [2.75, 3.05) is 39.1 Å². The Morgan fingerprint density at radius 1 is 1.41 bits per heavy atom. The Morgan fingerprint density at radius 3 is 2.52 bits per heavy atom. The van der Waals surface area contributed by atoms with Gasteiger partial charge in [-0.15, -0.1) is 11.3 Å². The molecule has 1 aliphatic rings. The maximum atomic E-state index is 12.6. The van der Waals surface area contributed by atoms with Crippen LogP contribution < -0.4 is 15.5 Å². The van der Waals surface area contributed by atoms with Crippen molar-refractivity contribution in [1.29, 1.82) is 0 Å². The van der Waals surface area contributed by atoms with Crippen LogP contribution in [0.1, 0.15) is 18.5 Å². The number of guanidine groups is 1. The second kappa shape index (κ2) is 8.61. The van der Waals surface area contributed by atoms with Gasteiger partial charge in [0.25, 0.3) is 0 Å². The molecule has 0 bridgehead atoms. The molecule has 2 heterocycles. The Labute approximate surface area is 160 Å². The monoisotopic (exact) mass is 428 g/mol. The van der Waals surface area contributed by atoms with Gasteiger partial charge in [0.05, 0.1) is 12.2 Å². The molecular weight excluding hydrogens is 405 g/mol. The number of anilines is 1. The number of nitrogens with one attached hydrogen (secondary N) is 2. The lowest BCUT2D eigenvalue weighted by Crippen LogP contribution is -2.51. The van der Waals surface area contributed by atoms with Gasteiger partial charge in [-0.1, -0.05) is 0 Å². The molecule has 0 radical (unpaired) electrons. The Balaban J connectivity index is 1.84. The van der Waals surface area contributed by atoms with Crippen molar-refractivity contribution in [3.63, 3.8) is 0 Å². The fourth-order valence-electron chi connectivity index (χ4n) is 2.53. The van der Waals surface area contributed by atoms with E-state index in [1.807, 2.05) is 24.4 Å². The summed E-state index contributed by atoms with van der Waals surface area (Å²) in [4.78, 5) is 10.4. The zero-order chi connectivity index (χ0) is 20.2. The quantitative estimate of drug-likeness (QED) is 0.541. The molecule has 154 valence electrons. The van der Waals surface area contributed by atoms with Crippen LogP contribution in [0.5, 0.6) is 0 Å². The number of halogens is 3. The minimum Gasteiger partial charge on any atom is -0.354 e. The number of alkyl halides is 3. The third-order valence-corrected chi connectivity index (χ3v) is 6.70. The van der Waals surface area contributed by atoms with E-state index in [-0.39, 0.29) is 32.0 Å². The van der Waals surface area contributed by atoms with E-state index in [9.17, 15) is 21.6 Å². The second-order valence-corrected chi connectivity index (χ2v) is 8.98. The number of hydrogen-bond donors (Lipinski definition) is 2. The summed E-state index contributed by atoms with van der Waals surface area (Å²) in [5, 5.41) is 9.03. The lowest BCUT2D eigenvalue weighted by Gasteiger charge is -2.32. The van der Waals surface area contributed by atoms with E-state index < -0.39 is 15.5 Å². The summed E-state index contributed by atoms with van der Waals surface area (Å²) in [7, 11) is 0.138. The summed E-state index contributed by atoms with van der Waals surface area (Å²) < 4.78 is 61.2. The number of thiazole rings is 1. The SMILES string of the molecule is CN=C(NCc1csc(N(C)C)n1)NC1CCN(S(=O)(=O)C(F)(F)F)CC1. The summed E-state index contributed by atoms with van der Waals surface area (Å²) in [6.07, 6.45) is 0.523. The van der Waals surface area contributed by atoms with Crippen molar-refractivity contribution < 1.29 is 21.6 Å². The number of nitrogens with zero attached hydrogens (tertiary/aromatic N) is 4. The normalized spacial score (nSPS) is 17.8. The lowest BCUT2D eigenvalue weighted by molar-refractivity contribution is -0.0494. The zero-order valence-electron chi connectivity index (χ0n) is 15.2.